The van der Waals surface area contributed by atoms with Gasteiger partial charge in [0.05, 0.1) is 28.7 Å². The SMILES string of the molecule is O=C(c1ccc(CN2C(=O)c3ccccc3C2=O)cc1)N1CCC(c2nc3ccccc3[nH]2)CC1. The summed E-state index contributed by atoms with van der Waals surface area (Å²) in [5.41, 5.74) is 4.31. The van der Waals surface area contributed by atoms with E-state index in [9.17, 15) is 14.4 Å². The van der Waals surface area contributed by atoms with Crippen molar-refractivity contribution in [3.8, 4) is 0 Å². The van der Waals surface area contributed by atoms with E-state index in [0.717, 1.165) is 35.3 Å². The van der Waals surface area contributed by atoms with Crippen LogP contribution in [0.25, 0.3) is 11.0 Å². The van der Waals surface area contributed by atoms with Gasteiger partial charge in [-0.05, 0) is 54.8 Å². The highest BCUT2D eigenvalue weighted by atomic mass is 16.2. The predicted molar refractivity (Wildman–Crippen MR) is 131 cm³/mol. The van der Waals surface area contributed by atoms with Crippen LogP contribution in [0.2, 0.25) is 0 Å². The van der Waals surface area contributed by atoms with Crippen molar-refractivity contribution in [1.29, 1.82) is 0 Å². The topological polar surface area (TPSA) is 86.4 Å². The van der Waals surface area contributed by atoms with Gasteiger partial charge < -0.3 is 9.88 Å². The van der Waals surface area contributed by atoms with Crippen molar-refractivity contribution in [2.75, 3.05) is 13.1 Å². The van der Waals surface area contributed by atoms with Gasteiger partial charge in [-0.2, -0.15) is 0 Å². The van der Waals surface area contributed by atoms with E-state index < -0.39 is 0 Å². The third-order valence-corrected chi connectivity index (χ3v) is 7.00. The lowest BCUT2D eigenvalue weighted by Gasteiger charge is -2.31. The average Bonchev–Trinajstić information content (AvgIpc) is 3.44. The van der Waals surface area contributed by atoms with Crippen LogP contribution in [0.4, 0.5) is 0 Å². The average molecular weight is 465 g/mol. The normalized spacial score (nSPS) is 16.2. The highest BCUT2D eigenvalue weighted by molar-refractivity contribution is 6.21. The molecule has 0 bridgehead atoms. The van der Waals surface area contributed by atoms with E-state index in [1.165, 1.54) is 4.90 Å². The maximum atomic E-state index is 13.1. The molecule has 35 heavy (non-hydrogen) atoms. The van der Waals surface area contributed by atoms with E-state index in [0.29, 0.717) is 35.7 Å². The molecule has 174 valence electrons. The minimum Gasteiger partial charge on any atom is -0.342 e. The first-order valence-electron chi connectivity index (χ1n) is 11.9. The molecule has 7 nitrogen and oxygen atoms in total. The number of aromatic nitrogens is 2. The fraction of sp³-hybridized carbons (Fsp3) is 0.214. The van der Waals surface area contributed by atoms with Crippen LogP contribution >= 0.6 is 0 Å². The van der Waals surface area contributed by atoms with E-state index >= 15 is 0 Å². The van der Waals surface area contributed by atoms with Gasteiger partial charge in [0.1, 0.15) is 5.82 Å². The molecular formula is C28H24N4O3. The number of fused-ring (bicyclic) bond motifs is 2. The fourth-order valence-electron chi connectivity index (χ4n) is 5.02. The third-order valence-electron chi connectivity index (χ3n) is 7.00. The molecule has 1 saturated heterocycles. The second-order valence-corrected chi connectivity index (χ2v) is 9.14. The maximum absolute atomic E-state index is 13.1. The summed E-state index contributed by atoms with van der Waals surface area (Å²) in [6.07, 6.45) is 1.73. The fourth-order valence-corrected chi connectivity index (χ4v) is 5.02. The Bertz CT molecular complexity index is 1380. The molecule has 7 heteroatoms. The molecular weight excluding hydrogens is 440 g/mol. The number of aromatic amines is 1. The Balaban J connectivity index is 1.09. The summed E-state index contributed by atoms with van der Waals surface area (Å²) in [5, 5.41) is 0. The van der Waals surface area contributed by atoms with Gasteiger partial charge in [-0.25, -0.2) is 4.98 Å². The van der Waals surface area contributed by atoms with Crippen LogP contribution in [0, 0.1) is 0 Å². The number of nitrogens with zero attached hydrogens (tertiary/aromatic N) is 3. The van der Waals surface area contributed by atoms with Crippen LogP contribution in [-0.2, 0) is 6.54 Å². The van der Waals surface area contributed by atoms with Crippen LogP contribution in [0.5, 0.6) is 0 Å². The van der Waals surface area contributed by atoms with Crippen molar-refractivity contribution in [1.82, 2.24) is 19.8 Å². The lowest BCUT2D eigenvalue weighted by Crippen LogP contribution is -2.38. The quantitative estimate of drug-likeness (QED) is 0.454. The lowest BCUT2D eigenvalue weighted by molar-refractivity contribution is 0.0640. The van der Waals surface area contributed by atoms with Gasteiger partial charge in [0, 0.05) is 24.6 Å². The third kappa shape index (κ3) is 3.79. The van der Waals surface area contributed by atoms with Gasteiger partial charge in [-0.3, -0.25) is 19.3 Å². The van der Waals surface area contributed by atoms with Crippen molar-refractivity contribution in [3.63, 3.8) is 0 Å². The number of carbonyl (C=O) groups excluding carboxylic acids is 3. The van der Waals surface area contributed by atoms with Crippen LogP contribution in [-0.4, -0.2) is 50.6 Å². The van der Waals surface area contributed by atoms with E-state index in [1.807, 2.05) is 41.3 Å². The van der Waals surface area contributed by atoms with Crippen LogP contribution < -0.4 is 0 Å². The standard InChI is InChI=1S/C28H24N4O3/c33-26(31-15-13-19(14-16-31)25-29-23-7-3-4-8-24(23)30-25)20-11-9-18(10-12-20)17-32-27(34)21-5-1-2-6-22(21)28(32)35/h1-12,19H,13-17H2,(H,29,30). The minimum absolute atomic E-state index is 0.000312. The Labute approximate surface area is 202 Å². The number of imide groups is 1. The molecule has 3 aromatic carbocycles. The highest BCUT2D eigenvalue weighted by Crippen LogP contribution is 2.29. The van der Waals surface area contributed by atoms with Crippen molar-refractivity contribution in [3.05, 3.63) is 101 Å². The first-order chi connectivity index (χ1) is 17.1. The van der Waals surface area contributed by atoms with Crippen molar-refractivity contribution in [2.24, 2.45) is 0 Å². The molecule has 0 radical (unpaired) electrons. The van der Waals surface area contributed by atoms with Gasteiger partial charge in [0.2, 0.25) is 0 Å². The number of H-pyrrole nitrogens is 1. The number of likely N-dealkylation sites (tertiary alicyclic amines) is 1. The first kappa shape index (κ1) is 21.3. The van der Waals surface area contributed by atoms with E-state index in [4.69, 9.17) is 4.98 Å². The summed E-state index contributed by atoms with van der Waals surface area (Å²) in [4.78, 5) is 49.6. The summed E-state index contributed by atoms with van der Waals surface area (Å²) < 4.78 is 0. The largest absolute Gasteiger partial charge is 0.342 e. The molecule has 2 aliphatic heterocycles. The molecule has 3 heterocycles. The summed E-state index contributed by atoms with van der Waals surface area (Å²) in [6.45, 7) is 1.54. The monoisotopic (exact) mass is 464 g/mol. The summed E-state index contributed by atoms with van der Waals surface area (Å²) in [6, 6.07) is 22.1. The number of hydrogen-bond acceptors (Lipinski definition) is 4. The molecule has 1 fully saturated rings. The number of para-hydroxylation sites is 2. The van der Waals surface area contributed by atoms with Gasteiger partial charge in [0.25, 0.3) is 17.7 Å². The molecule has 0 spiro atoms. The number of rotatable bonds is 4. The molecule has 0 saturated carbocycles. The molecule has 4 aromatic rings. The Hall–Kier alpha value is -4.26. The van der Waals surface area contributed by atoms with Crippen LogP contribution in [0.3, 0.4) is 0 Å². The van der Waals surface area contributed by atoms with Gasteiger partial charge in [-0.1, -0.05) is 36.4 Å². The number of carbonyl (C=O) groups is 3. The zero-order valence-electron chi connectivity index (χ0n) is 19.1. The van der Waals surface area contributed by atoms with Crippen molar-refractivity contribution >= 4 is 28.8 Å². The van der Waals surface area contributed by atoms with E-state index in [2.05, 4.69) is 4.98 Å². The Morgan fingerprint density at radius 1 is 0.857 bits per heavy atom. The molecule has 3 amide bonds. The number of benzene rings is 3. The Morgan fingerprint density at radius 3 is 2.14 bits per heavy atom. The Kier molecular flexibility index (Phi) is 5.17. The molecule has 6 rings (SSSR count). The number of hydrogen-bond donors (Lipinski definition) is 1. The highest BCUT2D eigenvalue weighted by Gasteiger charge is 2.35. The zero-order valence-corrected chi connectivity index (χ0v) is 19.1. The molecule has 1 N–H and O–H groups in total. The summed E-state index contributed by atoms with van der Waals surface area (Å²) in [7, 11) is 0. The smallest absolute Gasteiger partial charge is 0.261 e. The molecule has 0 aliphatic carbocycles. The molecule has 0 atom stereocenters. The van der Waals surface area contributed by atoms with Crippen LogP contribution in [0.1, 0.15) is 61.2 Å². The first-order valence-corrected chi connectivity index (χ1v) is 11.9. The number of amides is 3. The second-order valence-electron chi connectivity index (χ2n) is 9.14. The van der Waals surface area contributed by atoms with E-state index in [-0.39, 0.29) is 24.3 Å². The summed E-state index contributed by atoms with van der Waals surface area (Å²) in [5.74, 6) is 0.751. The molecule has 1 aromatic heterocycles. The maximum Gasteiger partial charge on any atom is 0.261 e. The van der Waals surface area contributed by atoms with Crippen molar-refractivity contribution in [2.45, 2.75) is 25.3 Å². The van der Waals surface area contributed by atoms with Crippen LogP contribution in [0.15, 0.2) is 72.8 Å². The van der Waals surface area contributed by atoms with Gasteiger partial charge in [0.15, 0.2) is 0 Å². The predicted octanol–water partition coefficient (Wildman–Crippen LogP) is 4.38. The number of imidazole rings is 1. The Morgan fingerprint density at radius 2 is 1.49 bits per heavy atom. The van der Waals surface area contributed by atoms with Gasteiger partial charge >= 0.3 is 0 Å². The second kappa shape index (κ2) is 8.51. The zero-order chi connectivity index (χ0) is 23.9. The molecule has 2 aliphatic rings. The van der Waals surface area contributed by atoms with Gasteiger partial charge in [-0.15, -0.1) is 0 Å². The van der Waals surface area contributed by atoms with Crippen molar-refractivity contribution < 1.29 is 14.4 Å². The van der Waals surface area contributed by atoms with E-state index in [1.54, 1.807) is 36.4 Å². The summed E-state index contributed by atoms with van der Waals surface area (Å²) >= 11 is 0. The molecule has 0 unspecified atom stereocenters. The lowest BCUT2D eigenvalue weighted by atomic mass is 9.95. The number of piperidine rings is 1. The minimum atomic E-state index is -0.280. The number of nitrogens with one attached hydrogen (secondary N) is 1.